The van der Waals surface area contributed by atoms with Gasteiger partial charge in [0.1, 0.15) is 11.1 Å². The van der Waals surface area contributed by atoms with Gasteiger partial charge in [-0.25, -0.2) is 14.1 Å². The summed E-state index contributed by atoms with van der Waals surface area (Å²) in [4.78, 5) is 22.6. The fourth-order valence-corrected chi connectivity index (χ4v) is 1.57. The first-order chi connectivity index (χ1) is 8.06. The number of aromatic carboxylic acids is 1. The van der Waals surface area contributed by atoms with Crippen LogP contribution in [-0.2, 0) is 4.74 Å². The molecule has 17 heavy (non-hydrogen) atoms. The highest BCUT2D eigenvalue weighted by molar-refractivity contribution is 6.08. The minimum absolute atomic E-state index is 0.181. The Hall–Kier alpha value is -2.57. The van der Waals surface area contributed by atoms with Crippen LogP contribution in [0.4, 0.5) is 5.69 Å². The number of nitrogens with two attached hydrogens (primary N) is 1. The lowest BCUT2D eigenvalue weighted by Gasteiger charge is -1.98. The van der Waals surface area contributed by atoms with Gasteiger partial charge in [0.2, 0.25) is 0 Å². The lowest BCUT2D eigenvalue weighted by Crippen LogP contribution is -2.09. The van der Waals surface area contributed by atoms with E-state index in [0.29, 0.717) is 0 Å². The van der Waals surface area contributed by atoms with Crippen molar-refractivity contribution < 1.29 is 19.4 Å². The number of rotatable bonds is 2. The number of nitrogen functional groups attached to an aromatic ring is 1. The van der Waals surface area contributed by atoms with E-state index >= 15 is 0 Å². The number of pyridine rings is 1. The van der Waals surface area contributed by atoms with Gasteiger partial charge in [-0.2, -0.15) is 5.10 Å². The van der Waals surface area contributed by atoms with Crippen LogP contribution in [-0.4, -0.2) is 33.8 Å². The van der Waals surface area contributed by atoms with E-state index in [-0.39, 0.29) is 22.5 Å². The first-order valence-electron chi connectivity index (χ1n) is 4.64. The molecule has 2 aromatic heterocycles. The molecule has 0 aliphatic heterocycles. The number of carboxylic acids is 1. The Balaban J connectivity index is 2.86. The van der Waals surface area contributed by atoms with E-state index in [1.807, 2.05) is 0 Å². The third kappa shape index (κ3) is 1.57. The molecule has 0 spiro atoms. The largest absolute Gasteiger partial charge is 0.478 e. The highest BCUT2D eigenvalue weighted by Crippen LogP contribution is 2.22. The highest BCUT2D eigenvalue weighted by Gasteiger charge is 2.26. The number of carboxylic acid groups (broad SMARTS) is 1. The van der Waals surface area contributed by atoms with Crippen molar-refractivity contribution in [3.63, 3.8) is 0 Å². The van der Waals surface area contributed by atoms with Gasteiger partial charge in [-0.15, -0.1) is 0 Å². The van der Waals surface area contributed by atoms with Crippen molar-refractivity contribution in [2.75, 3.05) is 12.8 Å². The number of ether oxygens (including phenoxy) is 1. The van der Waals surface area contributed by atoms with Gasteiger partial charge in [0.05, 0.1) is 12.8 Å². The second kappa shape index (κ2) is 3.78. The molecule has 0 atom stereocenters. The Morgan fingerprint density at radius 3 is 2.82 bits per heavy atom. The van der Waals surface area contributed by atoms with E-state index in [1.165, 1.54) is 16.8 Å². The first kappa shape index (κ1) is 10.9. The molecule has 0 saturated carbocycles. The predicted octanol–water partition coefficient (Wildman–Crippen LogP) is 0.401. The summed E-state index contributed by atoms with van der Waals surface area (Å²) in [6, 6.07) is 3.13. The Labute approximate surface area is 95.4 Å². The van der Waals surface area contributed by atoms with Crippen molar-refractivity contribution in [1.82, 2.24) is 9.61 Å². The van der Waals surface area contributed by atoms with Crippen LogP contribution in [0.1, 0.15) is 20.8 Å². The first-order valence-corrected chi connectivity index (χ1v) is 4.64. The molecular weight excluding hydrogens is 226 g/mol. The zero-order valence-corrected chi connectivity index (χ0v) is 8.88. The molecule has 2 rings (SSSR count). The average Bonchev–Trinajstić information content (AvgIpc) is 2.68. The quantitative estimate of drug-likeness (QED) is 0.729. The van der Waals surface area contributed by atoms with Crippen LogP contribution >= 0.6 is 0 Å². The van der Waals surface area contributed by atoms with Gasteiger partial charge in [0.15, 0.2) is 5.69 Å². The van der Waals surface area contributed by atoms with Crippen LogP contribution in [0.25, 0.3) is 5.52 Å². The Kier molecular flexibility index (Phi) is 2.43. The molecule has 7 nitrogen and oxygen atoms in total. The number of carbonyl (C=O) groups excluding carboxylic acids is 1. The maximum absolute atomic E-state index is 11.4. The summed E-state index contributed by atoms with van der Waals surface area (Å²) in [6.45, 7) is 0. The molecule has 0 aliphatic rings. The second-order valence-corrected chi connectivity index (χ2v) is 3.28. The van der Waals surface area contributed by atoms with Crippen molar-refractivity contribution in [3.8, 4) is 0 Å². The second-order valence-electron chi connectivity index (χ2n) is 3.28. The molecule has 2 aromatic rings. The summed E-state index contributed by atoms with van der Waals surface area (Å²) >= 11 is 0. The molecule has 0 fully saturated rings. The number of esters is 1. The fraction of sp³-hybridized carbons (Fsp3) is 0.100. The normalized spacial score (nSPS) is 10.4. The molecule has 0 amide bonds. The lowest BCUT2D eigenvalue weighted by molar-refractivity contribution is 0.0577. The van der Waals surface area contributed by atoms with E-state index in [1.54, 1.807) is 6.07 Å². The smallest absolute Gasteiger partial charge is 0.359 e. The zero-order chi connectivity index (χ0) is 12.6. The topological polar surface area (TPSA) is 107 Å². The highest BCUT2D eigenvalue weighted by atomic mass is 16.5. The SMILES string of the molecule is COC(=O)c1nn2cccc(N)c2c1C(=O)O. The molecule has 0 aliphatic carbocycles. The van der Waals surface area contributed by atoms with E-state index in [0.717, 1.165) is 7.11 Å². The fourth-order valence-electron chi connectivity index (χ4n) is 1.57. The maximum atomic E-state index is 11.4. The van der Waals surface area contributed by atoms with Gasteiger partial charge in [0, 0.05) is 6.20 Å². The van der Waals surface area contributed by atoms with Crippen molar-refractivity contribution >= 4 is 23.1 Å². The van der Waals surface area contributed by atoms with Gasteiger partial charge >= 0.3 is 11.9 Å². The number of hydrogen-bond acceptors (Lipinski definition) is 5. The van der Waals surface area contributed by atoms with Crippen molar-refractivity contribution in [2.24, 2.45) is 0 Å². The van der Waals surface area contributed by atoms with Gasteiger partial charge in [-0.1, -0.05) is 0 Å². The number of nitrogens with zero attached hydrogens (tertiary/aromatic N) is 2. The maximum Gasteiger partial charge on any atom is 0.359 e. The molecule has 0 saturated heterocycles. The number of methoxy groups -OCH3 is 1. The van der Waals surface area contributed by atoms with Crippen LogP contribution in [0.15, 0.2) is 18.3 Å². The molecule has 0 unspecified atom stereocenters. The summed E-state index contributed by atoms with van der Waals surface area (Å²) in [5.74, 6) is -2.09. The van der Waals surface area contributed by atoms with E-state index < -0.39 is 11.9 Å². The van der Waals surface area contributed by atoms with Crippen LogP contribution in [0.5, 0.6) is 0 Å². The van der Waals surface area contributed by atoms with Gasteiger partial charge in [0.25, 0.3) is 0 Å². The lowest BCUT2D eigenvalue weighted by atomic mass is 10.2. The molecule has 2 heterocycles. The van der Waals surface area contributed by atoms with E-state index in [9.17, 15) is 9.59 Å². The monoisotopic (exact) mass is 235 g/mol. The third-order valence-electron chi connectivity index (χ3n) is 2.28. The average molecular weight is 235 g/mol. The standard InChI is InChI=1S/C10H9N3O4/c1-17-10(16)7-6(9(14)15)8-5(11)3-2-4-13(8)12-7/h2-4H,11H2,1H3,(H,14,15). The number of aromatic nitrogens is 2. The molecular formula is C10H9N3O4. The molecule has 7 heteroatoms. The summed E-state index contributed by atoms with van der Waals surface area (Å²) in [6.07, 6.45) is 1.50. The molecule has 0 aromatic carbocycles. The molecule has 88 valence electrons. The third-order valence-corrected chi connectivity index (χ3v) is 2.28. The van der Waals surface area contributed by atoms with Crippen molar-refractivity contribution in [1.29, 1.82) is 0 Å². The Morgan fingerprint density at radius 1 is 1.53 bits per heavy atom. The van der Waals surface area contributed by atoms with Crippen LogP contribution in [0, 0.1) is 0 Å². The van der Waals surface area contributed by atoms with Crippen molar-refractivity contribution in [3.05, 3.63) is 29.6 Å². The Bertz CT molecular complexity index is 617. The zero-order valence-electron chi connectivity index (χ0n) is 8.88. The van der Waals surface area contributed by atoms with Gasteiger partial charge in [-0.05, 0) is 12.1 Å². The molecule has 3 N–H and O–H groups in total. The Morgan fingerprint density at radius 2 is 2.24 bits per heavy atom. The summed E-state index contributed by atoms with van der Waals surface area (Å²) in [5.41, 5.74) is 5.56. The number of anilines is 1. The molecule has 0 bridgehead atoms. The van der Waals surface area contributed by atoms with Crippen molar-refractivity contribution in [2.45, 2.75) is 0 Å². The van der Waals surface area contributed by atoms with Crippen LogP contribution in [0.3, 0.4) is 0 Å². The van der Waals surface area contributed by atoms with E-state index in [2.05, 4.69) is 9.84 Å². The van der Waals surface area contributed by atoms with Crippen LogP contribution < -0.4 is 5.73 Å². The van der Waals surface area contributed by atoms with Gasteiger partial charge < -0.3 is 15.6 Å². The van der Waals surface area contributed by atoms with E-state index in [4.69, 9.17) is 10.8 Å². The summed E-state index contributed by atoms with van der Waals surface area (Å²) in [5, 5.41) is 13.0. The van der Waals surface area contributed by atoms with Crippen LogP contribution in [0.2, 0.25) is 0 Å². The number of hydrogen-bond donors (Lipinski definition) is 2. The number of fused-ring (bicyclic) bond motifs is 1. The number of carbonyl (C=O) groups is 2. The summed E-state index contributed by atoms with van der Waals surface area (Å²) in [7, 11) is 1.15. The minimum atomic E-state index is -1.28. The predicted molar refractivity (Wildman–Crippen MR) is 57.9 cm³/mol. The minimum Gasteiger partial charge on any atom is -0.478 e. The molecule has 0 radical (unpaired) electrons. The summed E-state index contributed by atoms with van der Waals surface area (Å²) < 4.78 is 5.72. The van der Waals surface area contributed by atoms with Gasteiger partial charge in [-0.3, -0.25) is 0 Å².